The lowest BCUT2D eigenvalue weighted by Crippen LogP contribution is -2.16. The van der Waals surface area contributed by atoms with Crippen molar-refractivity contribution in [1.82, 2.24) is 4.98 Å². The fourth-order valence-corrected chi connectivity index (χ4v) is 0.919. The van der Waals surface area contributed by atoms with E-state index in [1.54, 1.807) is 18.3 Å². The summed E-state index contributed by atoms with van der Waals surface area (Å²) in [4.78, 5) is 14.8. The van der Waals surface area contributed by atoms with E-state index in [4.69, 9.17) is 10.8 Å². The van der Waals surface area contributed by atoms with E-state index >= 15 is 0 Å². The van der Waals surface area contributed by atoms with Crippen molar-refractivity contribution in [1.29, 1.82) is 0 Å². The second kappa shape index (κ2) is 4.42. The Morgan fingerprint density at radius 3 is 3.08 bits per heavy atom. The number of primary amides is 1. The molecular weight excluding hydrogens is 170 g/mol. The van der Waals surface area contributed by atoms with Crippen molar-refractivity contribution in [2.45, 2.75) is 0 Å². The van der Waals surface area contributed by atoms with Gasteiger partial charge in [-0.05, 0) is 12.1 Å². The van der Waals surface area contributed by atoms with Crippen LogP contribution in [0, 0.1) is 0 Å². The van der Waals surface area contributed by atoms with E-state index in [1.807, 2.05) is 0 Å². The van der Waals surface area contributed by atoms with Gasteiger partial charge in [-0.3, -0.25) is 4.79 Å². The maximum Gasteiger partial charge on any atom is 0.252 e. The molecule has 1 aromatic heterocycles. The van der Waals surface area contributed by atoms with Crippen LogP contribution >= 0.6 is 0 Å². The van der Waals surface area contributed by atoms with Crippen LogP contribution in [0.15, 0.2) is 18.3 Å². The normalized spacial score (nSPS) is 9.62. The van der Waals surface area contributed by atoms with E-state index in [9.17, 15) is 4.79 Å². The molecule has 5 nitrogen and oxygen atoms in total. The Kier molecular flexibility index (Phi) is 3.22. The molecule has 1 heterocycles. The summed E-state index contributed by atoms with van der Waals surface area (Å²) in [5.74, 6) is -0.127. The highest BCUT2D eigenvalue weighted by atomic mass is 16.3. The van der Waals surface area contributed by atoms with Crippen LogP contribution in [0.4, 0.5) is 5.82 Å². The van der Waals surface area contributed by atoms with Gasteiger partial charge in [0.05, 0.1) is 12.2 Å². The van der Waals surface area contributed by atoms with Crippen molar-refractivity contribution in [2.24, 2.45) is 5.73 Å². The van der Waals surface area contributed by atoms with E-state index in [0.29, 0.717) is 17.9 Å². The Morgan fingerprint density at radius 2 is 2.46 bits per heavy atom. The zero-order chi connectivity index (χ0) is 9.68. The number of carbonyl (C=O) groups is 1. The Labute approximate surface area is 75.6 Å². The molecule has 0 spiro atoms. The van der Waals surface area contributed by atoms with Crippen molar-refractivity contribution in [3.8, 4) is 0 Å². The molecule has 0 bridgehead atoms. The van der Waals surface area contributed by atoms with Gasteiger partial charge in [0, 0.05) is 12.7 Å². The topological polar surface area (TPSA) is 88.2 Å². The summed E-state index contributed by atoms with van der Waals surface area (Å²) in [5.41, 5.74) is 5.43. The summed E-state index contributed by atoms with van der Waals surface area (Å²) >= 11 is 0. The highest BCUT2D eigenvalue weighted by molar-refractivity contribution is 5.97. The number of nitrogens with zero attached hydrogens (tertiary/aromatic N) is 1. The number of carbonyl (C=O) groups excluding carboxylic acids is 1. The molecule has 0 unspecified atom stereocenters. The number of hydrogen-bond donors (Lipinski definition) is 3. The maximum absolute atomic E-state index is 10.9. The lowest BCUT2D eigenvalue weighted by Gasteiger charge is -2.06. The third-order valence-corrected chi connectivity index (χ3v) is 1.48. The van der Waals surface area contributed by atoms with E-state index in [-0.39, 0.29) is 6.61 Å². The number of nitrogens with two attached hydrogens (primary N) is 1. The monoisotopic (exact) mass is 181 g/mol. The fraction of sp³-hybridized carbons (Fsp3) is 0.250. The Morgan fingerprint density at radius 1 is 1.69 bits per heavy atom. The first-order chi connectivity index (χ1) is 6.25. The molecule has 0 aromatic carbocycles. The summed E-state index contributed by atoms with van der Waals surface area (Å²) in [6, 6.07) is 3.21. The Balaban J connectivity index is 2.84. The maximum atomic E-state index is 10.9. The molecule has 0 atom stereocenters. The quantitative estimate of drug-likeness (QED) is 0.589. The van der Waals surface area contributed by atoms with Crippen LogP contribution in [0.2, 0.25) is 0 Å². The van der Waals surface area contributed by atoms with Crippen molar-refractivity contribution in [3.63, 3.8) is 0 Å². The molecule has 0 aliphatic carbocycles. The molecule has 0 aliphatic rings. The summed E-state index contributed by atoms with van der Waals surface area (Å²) in [5, 5.41) is 11.3. The van der Waals surface area contributed by atoms with Crippen LogP contribution in [0.5, 0.6) is 0 Å². The molecule has 0 saturated heterocycles. The number of rotatable bonds is 4. The van der Waals surface area contributed by atoms with Crippen LogP contribution in [0.1, 0.15) is 10.4 Å². The predicted octanol–water partition coefficient (Wildman–Crippen LogP) is -0.415. The molecule has 70 valence electrons. The van der Waals surface area contributed by atoms with Gasteiger partial charge in [0.1, 0.15) is 5.82 Å². The summed E-state index contributed by atoms with van der Waals surface area (Å²) < 4.78 is 0. The van der Waals surface area contributed by atoms with E-state index in [2.05, 4.69) is 10.3 Å². The first-order valence-corrected chi connectivity index (χ1v) is 3.85. The third-order valence-electron chi connectivity index (χ3n) is 1.48. The van der Waals surface area contributed by atoms with Gasteiger partial charge in [0.2, 0.25) is 0 Å². The van der Waals surface area contributed by atoms with Crippen LogP contribution in [-0.4, -0.2) is 29.1 Å². The zero-order valence-electron chi connectivity index (χ0n) is 7.03. The summed E-state index contributed by atoms with van der Waals surface area (Å²) in [6.07, 6.45) is 1.55. The van der Waals surface area contributed by atoms with Gasteiger partial charge in [-0.1, -0.05) is 0 Å². The second-order valence-corrected chi connectivity index (χ2v) is 2.41. The van der Waals surface area contributed by atoms with Gasteiger partial charge in [-0.2, -0.15) is 0 Å². The minimum atomic E-state index is -0.534. The van der Waals surface area contributed by atoms with Crippen LogP contribution in [0.3, 0.4) is 0 Å². The molecule has 1 rings (SSSR count). The molecule has 0 saturated carbocycles. The van der Waals surface area contributed by atoms with Gasteiger partial charge < -0.3 is 16.2 Å². The minimum Gasteiger partial charge on any atom is -0.395 e. The average Bonchev–Trinajstić information content (AvgIpc) is 2.15. The summed E-state index contributed by atoms with van der Waals surface area (Å²) in [6.45, 7) is 0.325. The first-order valence-electron chi connectivity index (χ1n) is 3.85. The lowest BCUT2D eigenvalue weighted by molar-refractivity contribution is 0.100. The van der Waals surface area contributed by atoms with Crippen LogP contribution in [0.25, 0.3) is 0 Å². The van der Waals surface area contributed by atoms with E-state index in [1.165, 1.54) is 0 Å². The smallest absolute Gasteiger partial charge is 0.252 e. The Bertz CT molecular complexity index is 301. The molecule has 4 N–H and O–H groups in total. The van der Waals surface area contributed by atoms with Crippen LogP contribution < -0.4 is 11.1 Å². The highest BCUT2D eigenvalue weighted by Gasteiger charge is 2.06. The van der Waals surface area contributed by atoms with Crippen molar-refractivity contribution in [3.05, 3.63) is 23.9 Å². The van der Waals surface area contributed by atoms with Crippen LogP contribution in [-0.2, 0) is 0 Å². The SMILES string of the molecule is NC(=O)c1cccnc1NCCO. The minimum absolute atomic E-state index is 0.0191. The Hall–Kier alpha value is -1.62. The fourth-order valence-electron chi connectivity index (χ4n) is 0.919. The standard InChI is InChI=1S/C8H11N3O2/c9-7(13)6-2-1-3-10-8(6)11-4-5-12/h1-3,12H,4-5H2,(H2,9,13)(H,10,11). The average molecular weight is 181 g/mol. The zero-order valence-corrected chi connectivity index (χ0v) is 7.03. The molecule has 0 aliphatic heterocycles. The molecule has 0 fully saturated rings. The molecule has 5 heteroatoms. The molecule has 13 heavy (non-hydrogen) atoms. The van der Waals surface area contributed by atoms with Gasteiger partial charge >= 0.3 is 0 Å². The van der Waals surface area contributed by atoms with Crippen molar-refractivity contribution >= 4 is 11.7 Å². The van der Waals surface area contributed by atoms with Gasteiger partial charge in [-0.15, -0.1) is 0 Å². The largest absolute Gasteiger partial charge is 0.395 e. The third kappa shape index (κ3) is 2.41. The molecule has 1 aromatic rings. The highest BCUT2D eigenvalue weighted by Crippen LogP contribution is 2.09. The second-order valence-electron chi connectivity index (χ2n) is 2.41. The number of aliphatic hydroxyl groups excluding tert-OH is 1. The van der Waals surface area contributed by atoms with Gasteiger partial charge in [0.15, 0.2) is 0 Å². The van der Waals surface area contributed by atoms with Gasteiger partial charge in [-0.25, -0.2) is 4.98 Å². The lowest BCUT2D eigenvalue weighted by atomic mass is 10.2. The number of pyridine rings is 1. The number of aliphatic hydroxyl groups is 1. The number of anilines is 1. The summed E-state index contributed by atoms with van der Waals surface area (Å²) in [7, 11) is 0. The van der Waals surface area contributed by atoms with Crippen molar-refractivity contribution < 1.29 is 9.90 Å². The number of hydrogen-bond acceptors (Lipinski definition) is 4. The number of aromatic nitrogens is 1. The number of nitrogens with one attached hydrogen (secondary N) is 1. The van der Waals surface area contributed by atoms with Gasteiger partial charge in [0.25, 0.3) is 5.91 Å². The predicted molar refractivity (Wildman–Crippen MR) is 48.3 cm³/mol. The van der Waals surface area contributed by atoms with E-state index in [0.717, 1.165) is 0 Å². The molecular formula is C8H11N3O2. The number of amides is 1. The van der Waals surface area contributed by atoms with E-state index < -0.39 is 5.91 Å². The molecule has 1 amide bonds. The van der Waals surface area contributed by atoms with Crippen molar-refractivity contribution in [2.75, 3.05) is 18.5 Å². The molecule has 0 radical (unpaired) electrons. The first kappa shape index (κ1) is 9.47.